The van der Waals surface area contributed by atoms with E-state index in [0.717, 1.165) is 5.56 Å². The summed E-state index contributed by atoms with van der Waals surface area (Å²) in [6.07, 6.45) is -0.786. The van der Waals surface area contributed by atoms with E-state index in [-0.39, 0.29) is 12.5 Å². The summed E-state index contributed by atoms with van der Waals surface area (Å²) < 4.78 is 10.9. The minimum atomic E-state index is -0.786. The molecule has 1 aromatic heterocycles. The Kier molecular flexibility index (Phi) is 6.90. The lowest BCUT2D eigenvalue weighted by Crippen LogP contribution is -2.30. The Labute approximate surface area is 178 Å². The van der Waals surface area contributed by atoms with E-state index >= 15 is 0 Å². The summed E-state index contributed by atoms with van der Waals surface area (Å²) in [5.74, 6) is -0.370. The SMILES string of the molecule is CCOC(=O)c1c(-c2ccccc2)csc1NC(=O)C(C)Oc1cccc(Cl)c1. The van der Waals surface area contributed by atoms with E-state index in [1.165, 1.54) is 11.3 Å². The number of rotatable bonds is 7. The average Bonchev–Trinajstić information content (AvgIpc) is 3.12. The van der Waals surface area contributed by atoms with E-state index in [2.05, 4.69) is 5.32 Å². The molecule has 150 valence electrons. The van der Waals surface area contributed by atoms with E-state index in [4.69, 9.17) is 21.1 Å². The summed E-state index contributed by atoms with van der Waals surface area (Å²) in [4.78, 5) is 25.3. The first kappa shape index (κ1) is 20.9. The van der Waals surface area contributed by atoms with Gasteiger partial charge in [0.05, 0.1) is 6.61 Å². The van der Waals surface area contributed by atoms with Crippen molar-refractivity contribution in [3.05, 3.63) is 70.6 Å². The van der Waals surface area contributed by atoms with Gasteiger partial charge in [0.15, 0.2) is 6.10 Å². The number of amides is 1. The maximum Gasteiger partial charge on any atom is 0.341 e. The number of anilines is 1. The molecule has 0 aliphatic rings. The summed E-state index contributed by atoms with van der Waals surface area (Å²) >= 11 is 7.22. The number of nitrogens with one attached hydrogen (secondary N) is 1. The lowest BCUT2D eigenvalue weighted by molar-refractivity contribution is -0.122. The van der Waals surface area contributed by atoms with Crippen LogP contribution in [-0.4, -0.2) is 24.6 Å². The Morgan fingerprint density at radius 3 is 2.59 bits per heavy atom. The van der Waals surface area contributed by atoms with E-state index in [1.54, 1.807) is 38.1 Å². The second kappa shape index (κ2) is 9.58. The van der Waals surface area contributed by atoms with Gasteiger partial charge in [-0.25, -0.2) is 4.79 Å². The predicted octanol–water partition coefficient (Wildman–Crippen LogP) is 5.65. The van der Waals surface area contributed by atoms with Crippen molar-refractivity contribution in [1.82, 2.24) is 0 Å². The largest absolute Gasteiger partial charge is 0.481 e. The topological polar surface area (TPSA) is 64.6 Å². The second-order valence-corrected chi connectivity index (χ2v) is 7.46. The molecule has 1 unspecified atom stereocenters. The van der Waals surface area contributed by atoms with Crippen LogP contribution in [0.1, 0.15) is 24.2 Å². The highest BCUT2D eigenvalue weighted by molar-refractivity contribution is 7.15. The minimum Gasteiger partial charge on any atom is -0.481 e. The highest BCUT2D eigenvalue weighted by atomic mass is 35.5. The summed E-state index contributed by atoms with van der Waals surface area (Å²) in [7, 11) is 0. The lowest BCUT2D eigenvalue weighted by Gasteiger charge is -2.15. The van der Waals surface area contributed by atoms with Crippen LogP contribution in [0, 0.1) is 0 Å². The molecule has 3 aromatic rings. The molecule has 0 radical (unpaired) electrons. The third kappa shape index (κ3) is 5.16. The number of benzene rings is 2. The van der Waals surface area contributed by atoms with Crippen LogP contribution in [-0.2, 0) is 9.53 Å². The van der Waals surface area contributed by atoms with Gasteiger partial charge >= 0.3 is 5.97 Å². The molecule has 0 saturated heterocycles. The standard InChI is InChI=1S/C22H20ClNO4S/c1-3-27-22(26)19-18(15-8-5-4-6-9-15)13-29-21(19)24-20(25)14(2)28-17-11-7-10-16(23)12-17/h4-14H,3H2,1-2H3,(H,24,25). The lowest BCUT2D eigenvalue weighted by atomic mass is 10.0. The highest BCUT2D eigenvalue weighted by Gasteiger charge is 2.24. The first-order valence-electron chi connectivity index (χ1n) is 9.06. The Bertz CT molecular complexity index is 1000. The molecule has 1 N–H and O–H groups in total. The third-order valence-corrected chi connectivity index (χ3v) is 5.20. The number of hydrogen-bond acceptors (Lipinski definition) is 5. The maximum atomic E-state index is 12.7. The quantitative estimate of drug-likeness (QED) is 0.493. The molecular formula is C22H20ClNO4S. The smallest absolute Gasteiger partial charge is 0.341 e. The molecule has 2 aromatic carbocycles. The minimum absolute atomic E-state index is 0.241. The molecule has 0 saturated carbocycles. The molecule has 5 nitrogen and oxygen atoms in total. The van der Waals surface area contributed by atoms with Gasteiger partial charge in [-0.15, -0.1) is 11.3 Å². The van der Waals surface area contributed by atoms with Crippen molar-refractivity contribution < 1.29 is 19.1 Å². The highest BCUT2D eigenvalue weighted by Crippen LogP contribution is 2.36. The van der Waals surface area contributed by atoms with Crippen LogP contribution >= 0.6 is 22.9 Å². The molecule has 1 heterocycles. The van der Waals surface area contributed by atoms with Crippen LogP contribution in [0.25, 0.3) is 11.1 Å². The molecule has 0 aliphatic carbocycles. The van der Waals surface area contributed by atoms with Crippen molar-refractivity contribution >= 4 is 39.8 Å². The van der Waals surface area contributed by atoms with Crippen LogP contribution in [0.2, 0.25) is 5.02 Å². The van der Waals surface area contributed by atoms with Crippen molar-refractivity contribution in [2.45, 2.75) is 20.0 Å². The molecule has 0 aliphatic heterocycles. The Morgan fingerprint density at radius 1 is 1.14 bits per heavy atom. The summed E-state index contributed by atoms with van der Waals surface area (Å²) in [6.45, 7) is 3.61. The maximum absolute atomic E-state index is 12.7. The van der Waals surface area contributed by atoms with Crippen molar-refractivity contribution in [3.63, 3.8) is 0 Å². The number of carbonyl (C=O) groups excluding carboxylic acids is 2. The Balaban J connectivity index is 1.83. The van der Waals surface area contributed by atoms with Crippen molar-refractivity contribution in [2.24, 2.45) is 0 Å². The second-order valence-electron chi connectivity index (χ2n) is 6.15. The van der Waals surface area contributed by atoms with Gasteiger partial charge in [-0.1, -0.05) is 48.0 Å². The number of ether oxygens (including phenoxy) is 2. The Hall–Kier alpha value is -2.83. The van der Waals surface area contributed by atoms with Crippen LogP contribution in [0.3, 0.4) is 0 Å². The molecule has 1 amide bonds. The van der Waals surface area contributed by atoms with E-state index in [9.17, 15) is 9.59 Å². The number of carbonyl (C=O) groups is 2. The van der Waals surface area contributed by atoms with Gasteiger partial charge in [0.1, 0.15) is 16.3 Å². The fraction of sp³-hybridized carbons (Fsp3) is 0.182. The summed E-state index contributed by atoms with van der Waals surface area (Å²) in [5, 5.41) is 5.57. The first-order chi connectivity index (χ1) is 14.0. The fourth-order valence-electron chi connectivity index (χ4n) is 2.70. The summed E-state index contributed by atoms with van der Waals surface area (Å²) in [5.41, 5.74) is 1.93. The normalized spacial score (nSPS) is 11.6. The van der Waals surface area contributed by atoms with Crippen molar-refractivity contribution in [2.75, 3.05) is 11.9 Å². The van der Waals surface area contributed by atoms with Crippen molar-refractivity contribution in [1.29, 1.82) is 0 Å². The molecule has 0 bridgehead atoms. The van der Waals surface area contributed by atoms with Gasteiger partial charge in [-0.3, -0.25) is 4.79 Å². The first-order valence-corrected chi connectivity index (χ1v) is 10.3. The fourth-order valence-corrected chi connectivity index (χ4v) is 3.84. The van der Waals surface area contributed by atoms with Crippen molar-refractivity contribution in [3.8, 4) is 16.9 Å². The molecule has 7 heteroatoms. The third-order valence-electron chi connectivity index (χ3n) is 4.07. The van der Waals surface area contributed by atoms with Crippen LogP contribution in [0.15, 0.2) is 60.0 Å². The number of halogens is 1. The number of esters is 1. The van der Waals surface area contributed by atoms with Gasteiger partial charge in [0.2, 0.25) is 0 Å². The Morgan fingerprint density at radius 2 is 1.90 bits per heavy atom. The molecular weight excluding hydrogens is 410 g/mol. The zero-order valence-corrected chi connectivity index (χ0v) is 17.5. The zero-order chi connectivity index (χ0) is 20.8. The van der Waals surface area contributed by atoms with E-state index < -0.39 is 12.1 Å². The monoisotopic (exact) mass is 429 g/mol. The molecule has 0 spiro atoms. The van der Waals surface area contributed by atoms with E-state index in [0.29, 0.717) is 26.9 Å². The van der Waals surface area contributed by atoms with Crippen LogP contribution < -0.4 is 10.1 Å². The van der Waals surface area contributed by atoms with Gasteiger partial charge in [-0.05, 0) is 37.6 Å². The molecule has 3 rings (SSSR count). The average molecular weight is 430 g/mol. The van der Waals surface area contributed by atoms with E-state index in [1.807, 2.05) is 35.7 Å². The molecule has 1 atom stereocenters. The van der Waals surface area contributed by atoms with Gasteiger partial charge in [0, 0.05) is 16.0 Å². The van der Waals surface area contributed by atoms with Gasteiger partial charge in [-0.2, -0.15) is 0 Å². The molecule has 0 fully saturated rings. The van der Waals surface area contributed by atoms with Gasteiger partial charge < -0.3 is 14.8 Å². The molecule has 29 heavy (non-hydrogen) atoms. The van der Waals surface area contributed by atoms with Gasteiger partial charge in [0.25, 0.3) is 5.91 Å². The van der Waals surface area contributed by atoms with Crippen LogP contribution in [0.5, 0.6) is 5.75 Å². The number of thiophene rings is 1. The van der Waals surface area contributed by atoms with Crippen LogP contribution in [0.4, 0.5) is 5.00 Å². The zero-order valence-electron chi connectivity index (χ0n) is 16.0. The predicted molar refractivity (Wildman–Crippen MR) is 116 cm³/mol. The number of hydrogen-bond donors (Lipinski definition) is 1. The summed E-state index contributed by atoms with van der Waals surface area (Å²) in [6, 6.07) is 16.3.